The number of methoxy groups -OCH3 is 2. The highest BCUT2D eigenvalue weighted by molar-refractivity contribution is 5.31. The summed E-state index contributed by atoms with van der Waals surface area (Å²) in [7, 11) is 0.442. The Morgan fingerprint density at radius 1 is 0.679 bits per heavy atom. The predicted octanol–water partition coefficient (Wildman–Crippen LogP) is 5.95. The van der Waals surface area contributed by atoms with E-state index in [4.69, 9.17) is 0 Å². The van der Waals surface area contributed by atoms with Gasteiger partial charge in [-0.15, -0.1) is 0 Å². The molecule has 0 heterocycles. The maximum Gasteiger partial charge on any atom is 0.347 e. The van der Waals surface area contributed by atoms with Gasteiger partial charge in [-0.25, -0.2) is 22.0 Å². The minimum atomic E-state index is -5.86. The standard InChI is InChI=1S/C17H25F9O2/c1-10(2,3)13(19,20)9-12(18,15(23,24)11(4,5)6)16(25,26)17(27-7,28-8)14(9,21)22/h9H,1-8H3. The lowest BCUT2D eigenvalue weighted by molar-refractivity contribution is -0.393. The first kappa shape index (κ1) is 25.3. The van der Waals surface area contributed by atoms with Crippen molar-refractivity contribution >= 4 is 0 Å². The van der Waals surface area contributed by atoms with Gasteiger partial charge in [0.1, 0.15) is 5.92 Å². The molecule has 1 aliphatic carbocycles. The molecule has 0 bridgehead atoms. The van der Waals surface area contributed by atoms with Crippen LogP contribution in [0.3, 0.4) is 0 Å². The van der Waals surface area contributed by atoms with Gasteiger partial charge in [-0.3, -0.25) is 0 Å². The fraction of sp³-hybridized carbons (Fsp3) is 1.00. The first-order valence-corrected chi connectivity index (χ1v) is 8.29. The second kappa shape index (κ2) is 6.15. The summed E-state index contributed by atoms with van der Waals surface area (Å²) >= 11 is 0. The summed E-state index contributed by atoms with van der Waals surface area (Å²) < 4.78 is 144. The van der Waals surface area contributed by atoms with Gasteiger partial charge < -0.3 is 9.47 Å². The van der Waals surface area contributed by atoms with Crippen LogP contribution in [0, 0.1) is 16.7 Å². The molecule has 0 aromatic rings. The molecule has 11 heteroatoms. The predicted molar refractivity (Wildman–Crippen MR) is 82.8 cm³/mol. The lowest BCUT2D eigenvalue weighted by atomic mass is 9.66. The van der Waals surface area contributed by atoms with Crippen LogP contribution in [0.2, 0.25) is 0 Å². The number of hydrogen-bond donors (Lipinski definition) is 0. The van der Waals surface area contributed by atoms with E-state index in [1.54, 1.807) is 0 Å². The van der Waals surface area contributed by atoms with Crippen LogP contribution in [0.1, 0.15) is 41.5 Å². The van der Waals surface area contributed by atoms with Crippen molar-refractivity contribution in [2.45, 2.75) is 76.7 Å². The molecule has 1 rings (SSSR count). The average molecular weight is 432 g/mol. The lowest BCUT2D eigenvalue weighted by Gasteiger charge is -2.48. The Morgan fingerprint density at radius 2 is 1.04 bits per heavy atom. The lowest BCUT2D eigenvalue weighted by Crippen LogP contribution is -2.69. The third-order valence-electron chi connectivity index (χ3n) is 5.41. The molecule has 0 saturated heterocycles. The highest BCUT2D eigenvalue weighted by Crippen LogP contribution is 2.74. The Labute approximate surface area is 157 Å². The summed E-state index contributed by atoms with van der Waals surface area (Å²) in [6, 6.07) is 0. The van der Waals surface area contributed by atoms with E-state index in [0.717, 1.165) is 0 Å². The molecular weight excluding hydrogens is 407 g/mol. The average Bonchev–Trinajstić information content (AvgIpc) is 2.55. The summed E-state index contributed by atoms with van der Waals surface area (Å²) in [4.78, 5) is 0. The zero-order chi connectivity index (χ0) is 23.0. The molecular formula is C17H25F9O2. The van der Waals surface area contributed by atoms with E-state index in [2.05, 4.69) is 9.47 Å². The molecule has 1 aliphatic rings. The topological polar surface area (TPSA) is 18.5 Å². The molecule has 0 radical (unpaired) electrons. The van der Waals surface area contributed by atoms with E-state index in [1.807, 2.05) is 0 Å². The minimum Gasteiger partial charge on any atom is -0.343 e. The molecule has 28 heavy (non-hydrogen) atoms. The smallest absolute Gasteiger partial charge is 0.343 e. The maximum atomic E-state index is 15.8. The molecule has 0 spiro atoms. The van der Waals surface area contributed by atoms with Gasteiger partial charge in [0.25, 0.3) is 17.5 Å². The monoisotopic (exact) mass is 432 g/mol. The molecule has 2 atom stereocenters. The molecule has 0 aromatic carbocycles. The second-order valence-corrected chi connectivity index (χ2v) is 9.06. The zero-order valence-corrected chi connectivity index (χ0v) is 16.8. The highest BCUT2D eigenvalue weighted by atomic mass is 19.3. The van der Waals surface area contributed by atoms with E-state index in [-0.39, 0.29) is 14.2 Å². The van der Waals surface area contributed by atoms with Gasteiger partial charge in [0.2, 0.25) is 0 Å². The third kappa shape index (κ3) is 2.50. The molecule has 2 unspecified atom stereocenters. The minimum absolute atomic E-state index is 0.221. The van der Waals surface area contributed by atoms with Crippen LogP contribution in [-0.4, -0.2) is 49.4 Å². The van der Waals surface area contributed by atoms with Crippen LogP contribution in [0.15, 0.2) is 0 Å². The number of ether oxygens (including phenoxy) is 2. The molecule has 0 N–H and O–H groups in total. The van der Waals surface area contributed by atoms with Crippen LogP contribution in [0.5, 0.6) is 0 Å². The van der Waals surface area contributed by atoms with Crippen molar-refractivity contribution < 1.29 is 49.0 Å². The summed E-state index contributed by atoms with van der Waals surface area (Å²) in [5.74, 6) is -30.9. The van der Waals surface area contributed by atoms with Crippen molar-refractivity contribution in [3.63, 3.8) is 0 Å². The molecule has 1 saturated carbocycles. The Kier molecular flexibility index (Phi) is 5.56. The van der Waals surface area contributed by atoms with Crippen LogP contribution in [-0.2, 0) is 9.47 Å². The third-order valence-corrected chi connectivity index (χ3v) is 5.41. The van der Waals surface area contributed by atoms with Crippen molar-refractivity contribution in [3.8, 4) is 0 Å². The summed E-state index contributed by atoms with van der Waals surface area (Å²) in [5.41, 5.74) is -11.0. The Bertz CT molecular complexity index is 601. The van der Waals surface area contributed by atoms with Crippen molar-refractivity contribution in [1.29, 1.82) is 0 Å². The molecule has 0 amide bonds. The SMILES string of the molecule is COC1(OC)C(F)(F)C(C(F)(F)C(C)(C)C)C(F)(C(F)(F)C(C)(C)C)C1(F)F. The molecule has 0 aromatic heterocycles. The number of rotatable bonds is 4. The van der Waals surface area contributed by atoms with Gasteiger partial charge in [-0.1, -0.05) is 41.5 Å². The van der Waals surface area contributed by atoms with E-state index in [9.17, 15) is 0 Å². The quantitative estimate of drug-likeness (QED) is 0.404. The van der Waals surface area contributed by atoms with Crippen LogP contribution < -0.4 is 0 Å². The van der Waals surface area contributed by atoms with Gasteiger partial charge in [-0.2, -0.15) is 17.6 Å². The van der Waals surface area contributed by atoms with E-state index >= 15 is 39.5 Å². The molecule has 168 valence electrons. The van der Waals surface area contributed by atoms with Gasteiger partial charge in [0.15, 0.2) is 0 Å². The number of alkyl halides is 9. The largest absolute Gasteiger partial charge is 0.347 e. The van der Waals surface area contributed by atoms with Gasteiger partial charge in [-0.05, 0) is 0 Å². The van der Waals surface area contributed by atoms with Gasteiger partial charge in [0, 0.05) is 25.0 Å². The Morgan fingerprint density at radius 3 is 1.29 bits per heavy atom. The fourth-order valence-corrected chi connectivity index (χ4v) is 3.52. The summed E-state index contributed by atoms with van der Waals surface area (Å²) in [6.45, 7) is 3.68. The molecule has 2 nitrogen and oxygen atoms in total. The van der Waals surface area contributed by atoms with Crippen LogP contribution in [0.4, 0.5) is 39.5 Å². The van der Waals surface area contributed by atoms with Crippen LogP contribution in [0.25, 0.3) is 0 Å². The van der Waals surface area contributed by atoms with E-state index in [0.29, 0.717) is 41.5 Å². The normalized spacial score (nSPS) is 30.5. The Hall–Kier alpha value is -0.710. The van der Waals surface area contributed by atoms with Crippen molar-refractivity contribution in [1.82, 2.24) is 0 Å². The molecule has 1 fully saturated rings. The van der Waals surface area contributed by atoms with Crippen molar-refractivity contribution in [3.05, 3.63) is 0 Å². The summed E-state index contributed by atoms with van der Waals surface area (Å²) in [5, 5.41) is 0. The van der Waals surface area contributed by atoms with E-state index in [1.165, 1.54) is 0 Å². The first-order valence-electron chi connectivity index (χ1n) is 8.29. The zero-order valence-electron chi connectivity index (χ0n) is 16.8. The van der Waals surface area contributed by atoms with E-state index < -0.39 is 51.9 Å². The van der Waals surface area contributed by atoms with Gasteiger partial charge in [0.05, 0.1) is 0 Å². The maximum absolute atomic E-state index is 15.8. The van der Waals surface area contributed by atoms with Crippen molar-refractivity contribution in [2.24, 2.45) is 16.7 Å². The first-order chi connectivity index (χ1) is 12.0. The summed E-state index contributed by atoms with van der Waals surface area (Å²) in [6.07, 6.45) is 0. The fourth-order valence-electron chi connectivity index (χ4n) is 3.52. The number of halogens is 9. The van der Waals surface area contributed by atoms with Crippen LogP contribution >= 0.6 is 0 Å². The number of hydrogen-bond acceptors (Lipinski definition) is 2. The van der Waals surface area contributed by atoms with Gasteiger partial charge >= 0.3 is 17.6 Å². The highest BCUT2D eigenvalue weighted by Gasteiger charge is 3.00. The Balaban J connectivity index is 4.19. The second-order valence-electron chi connectivity index (χ2n) is 9.06. The molecule has 0 aliphatic heterocycles. The van der Waals surface area contributed by atoms with Crippen molar-refractivity contribution in [2.75, 3.05) is 14.2 Å².